The molecule has 0 aliphatic heterocycles. The molecule has 10 rings (SSSR count). The summed E-state index contributed by atoms with van der Waals surface area (Å²) in [6, 6.07) is 75.8. The monoisotopic (exact) mass is 689 g/mol. The van der Waals surface area contributed by atoms with Crippen molar-refractivity contribution in [2.75, 3.05) is 4.90 Å². The number of rotatable bonds is 7. The van der Waals surface area contributed by atoms with Crippen molar-refractivity contribution in [3.8, 4) is 44.5 Å². The predicted molar refractivity (Wildman–Crippen MR) is 228 cm³/mol. The van der Waals surface area contributed by atoms with E-state index >= 15 is 0 Å². The minimum Gasteiger partial charge on any atom is -0.455 e. The first-order valence-electron chi connectivity index (χ1n) is 18.4. The summed E-state index contributed by atoms with van der Waals surface area (Å²) in [6.07, 6.45) is 0. The highest BCUT2D eigenvalue weighted by atomic mass is 16.3. The maximum absolute atomic E-state index is 6.79. The summed E-state index contributed by atoms with van der Waals surface area (Å²) in [4.78, 5) is 2.43. The highest BCUT2D eigenvalue weighted by Crippen LogP contribution is 2.49. The molecule has 1 heterocycles. The van der Waals surface area contributed by atoms with Gasteiger partial charge in [-0.05, 0) is 80.6 Å². The molecule has 0 saturated carbocycles. The molecule has 0 bridgehead atoms. The van der Waals surface area contributed by atoms with E-state index in [1.807, 2.05) is 6.07 Å². The van der Waals surface area contributed by atoms with Gasteiger partial charge in [-0.3, -0.25) is 0 Å². The normalized spacial score (nSPS) is 11.3. The second-order valence-corrected chi connectivity index (χ2v) is 13.7. The van der Waals surface area contributed by atoms with Crippen LogP contribution in [-0.4, -0.2) is 0 Å². The molecule has 0 N–H and O–H groups in total. The van der Waals surface area contributed by atoms with Crippen molar-refractivity contribution in [1.82, 2.24) is 0 Å². The molecule has 2 heteroatoms. The van der Waals surface area contributed by atoms with Crippen LogP contribution < -0.4 is 4.90 Å². The fraction of sp³-hybridized carbons (Fsp3) is 0. The Labute approximate surface area is 314 Å². The maximum atomic E-state index is 6.79. The average molecular weight is 690 g/mol. The van der Waals surface area contributed by atoms with Gasteiger partial charge < -0.3 is 9.32 Å². The molecule has 1 aromatic heterocycles. The number of fused-ring (bicyclic) bond motifs is 4. The van der Waals surface area contributed by atoms with Crippen LogP contribution in [0.15, 0.2) is 217 Å². The van der Waals surface area contributed by atoms with Gasteiger partial charge in [0.05, 0.1) is 16.8 Å². The Kier molecular flexibility index (Phi) is 7.85. The van der Waals surface area contributed by atoms with Crippen LogP contribution >= 0.6 is 0 Å². The van der Waals surface area contributed by atoms with E-state index in [1.165, 1.54) is 27.5 Å². The van der Waals surface area contributed by atoms with Gasteiger partial charge in [0.25, 0.3) is 0 Å². The van der Waals surface area contributed by atoms with E-state index in [0.29, 0.717) is 0 Å². The molecular weight excluding hydrogens is 655 g/mol. The molecule has 2 nitrogen and oxygen atoms in total. The van der Waals surface area contributed by atoms with Crippen LogP contribution in [0.5, 0.6) is 0 Å². The van der Waals surface area contributed by atoms with Gasteiger partial charge in [0, 0.05) is 22.2 Å². The summed E-state index contributed by atoms with van der Waals surface area (Å²) in [5.74, 6) is 0. The summed E-state index contributed by atoms with van der Waals surface area (Å²) in [6.45, 7) is 0. The van der Waals surface area contributed by atoms with E-state index < -0.39 is 0 Å². The van der Waals surface area contributed by atoms with Gasteiger partial charge in [0.2, 0.25) is 0 Å². The van der Waals surface area contributed by atoms with Gasteiger partial charge in [-0.25, -0.2) is 0 Å². The lowest BCUT2D eigenvalue weighted by molar-refractivity contribution is 0.670. The van der Waals surface area contributed by atoms with Crippen LogP contribution in [0.25, 0.3) is 77.2 Å². The van der Waals surface area contributed by atoms with Crippen molar-refractivity contribution in [2.24, 2.45) is 0 Å². The third-order valence-corrected chi connectivity index (χ3v) is 10.5. The molecule has 0 aliphatic rings. The average Bonchev–Trinajstić information content (AvgIpc) is 3.65. The second kappa shape index (κ2) is 13.4. The number of benzene rings is 9. The zero-order valence-electron chi connectivity index (χ0n) is 29.6. The lowest BCUT2D eigenvalue weighted by Gasteiger charge is -2.29. The van der Waals surface area contributed by atoms with Gasteiger partial charge in [-0.1, -0.05) is 176 Å². The topological polar surface area (TPSA) is 16.4 Å². The zero-order valence-corrected chi connectivity index (χ0v) is 29.6. The molecule has 10 aromatic rings. The summed E-state index contributed by atoms with van der Waals surface area (Å²) >= 11 is 0. The SMILES string of the molecule is c1ccc(-c2ccc(-c3cccc(N(c4ccccc4-c4cccc5ccccc45)c4ccc(-c5ccccc5)c5oc6ccccc6c45)c3)cc2)cc1. The molecule has 54 heavy (non-hydrogen) atoms. The first kappa shape index (κ1) is 31.6. The molecule has 0 aliphatic carbocycles. The molecule has 0 amide bonds. The molecule has 9 aromatic carbocycles. The lowest BCUT2D eigenvalue weighted by atomic mass is 9.95. The molecule has 0 atom stereocenters. The Morgan fingerprint density at radius 1 is 0.333 bits per heavy atom. The summed E-state index contributed by atoms with van der Waals surface area (Å²) in [7, 11) is 0. The third-order valence-electron chi connectivity index (χ3n) is 10.5. The Balaban J connectivity index is 1.22. The first-order chi connectivity index (χ1) is 26.8. The van der Waals surface area contributed by atoms with Crippen molar-refractivity contribution in [1.29, 1.82) is 0 Å². The molecule has 0 spiro atoms. The second-order valence-electron chi connectivity index (χ2n) is 13.7. The maximum Gasteiger partial charge on any atom is 0.145 e. The van der Waals surface area contributed by atoms with Gasteiger partial charge >= 0.3 is 0 Å². The number of furan rings is 1. The van der Waals surface area contributed by atoms with Crippen LogP contribution in [-0.2, 0) is 0 Å². The highest BCUT2D eigenvalue weighted by molar-refractivity contribution is 6.17. The molecule has 254 valence electrons. The standard InChI is InChI=1S/C52H35NO/c1-3-15-36(16-4-1)37-29-31-38(32-30-37)41-21-13-22-42(35-41)53(48-27-11-9-24-46(48)45-26-14-20-39-19-7-8-23-43(39)45)49-34-33-44(40-17-5-2-6-18-40)52-51(49)47-25-10-12-28-50(47)54-52/h1-35H. The number of nitrogens with zero attached hydrogens (tertiary/aromatic N) is 1. The fourth-order valence-corrected chi connectivity index (χ4v) is 7.92. The number of para-hydroxylation sites is 2. The predicted octanol–water partition coefficient (Wildman–Crippen LogP) is 14.9. The van der Waals surface area contributed by atoms with E-state index in [9.17, 15) is 0 Å². The van der Waals surface area contributed by atoms with Crippen molar-refractivity contribution >= 4 is 49.8 Å². The number of hydrogen-bond acceptors (Lipinski definition) is 2. The minimum atomic E-state index is 0.867. The fourth-order valence-electron chi connectivity index (χ4n) is 7.92. The van der Waals surface area contributed by atoms with E-state index in [4.69, 9.17) is 4.42 Å². The minimum absolute atomic E-state index is 0.867. The van der Waals surface area contributed by atoms with E-state index in [2.05, 4.69) is 211 Å². The lowest BCUT2D eigenvalue weighted by Crippen LogP contribution is -2.12. The molecule has 0 saturated heterocycles. The van der Waals surface area contributed by atoms with Crippen LogP contribution in [0.2, 0.25) is 0 Å². The molecule has 0 radical (unpaired) electrons. The van der Waals surface area contributed by atoms with Crippen LogP contribution in [0, 0.1) is 0 Å². The van der Waals surface area contributed by atoms with Gasteiger partial charge in [-0.15, -0.1) is 0 Å². The molecule has 0 fully saturated rings. The first-order valence-corrected chi connectivity index (χ1v) is 18.4. The van der Waals surface area contributed by atoms with Crippen LogP contribution in [0.4, 0.5) is 17.1 Å². The summed E-state index contributed by atoms with van der Waals surface area (Å²) in [5.41, 5.74) is 14.2. The van der Waals surface area contributed by atoms with Crippen LogP contribution in [0.1, 0.15) is 0 Å². The van der Waals surface area contributed by atoms with E-state index in [1.54, 1.807) is 0 Å². The molecule has 0 unspecified atom stereocenters. The van der Waals surface area contributed by atoms with Gasteiger partial charge in [0.1, 0.15) is 11.2 Å². The van der Waals surface area contributed by atoms with Crippen molar-refractivity contribution in [2.45, 2.75) is 0 Å². The highest BCUT2D eigenvalue weighted by Gasteiger charge is 2.24. The van der Waals surface area contributed by atoms with Crippen molar-refractivity contribution in [3.63, 3.8) is 0 Å². The Morgan fingerprint density at radius 3 is 1.72 bits per heavy atom. The van der Waals surface area contributed by atoms with Gasteiger partial charge in [0.15, 0.2) is 0 Å². The van der Waals surface area contributed by atoms with E-state index in [-0.39, 0.29) is 0 Å². The quantitative estimate of drug-likeness (QED) is 0.166. The molecular formula is C52H35NO. The summed E-state index contributed by atoms with van der Waals surface area (Å²) < 4.78 is 6.79. The largest absolute Gasteiger partial charge is 0.455 e. The van der Waals surface area contributed by atoms with Crippen molar-refractivity contribution < 1.29 is 4.42 Å². The Bertz CT molecular complexity index is 2920. The smallest absolute Gasteiger partial charge is 0.145 e. The van der Waals surface area contributed by atoms with Crippen molar-refractivity contribution in [3.05, 3.63) is 212 Å². The Hall–Kier alpha value is -7.16. The number of anilines is 3. The third kappa shape index (κ3) is 5.53. The zero-order chi connectivity index (χ0) is 35.8. The number of hydrogen-bond donors (Lipinski definition) is 0. The van der Waals surface area contributed by atoms with Crippen LogP contribution in [0.3, 0.4) is 0 Å². The van der Waals surface area contributed by atoms with E-state index in [0.717, 1.165) is 66.8 Å². The van der Waals surface area contributed by atoms with Gasteiger partial charge in [-0.2, -0.15) is 0 Å². The summed E-state index contributed by atoms with van der Waals surface area (Å²) in [5, 5.41) is 4.60. The Morgan fingerprint density at radius 2 is 0.907 bits per heavy atom.